The number of anilines is 2. The molecule has 3 aromatic rings. The summed E-state index contributed by atoms with van der Waals surface area (Å²) >= 11 is 0. The Morgan fingerprint density at radius 2 is 1.83 bits per heavy atom. The zero-order chi connectivity index (χ0) is 21.0. The molecule has 0 saturated heterocycles. The number of amides is 1. The Morgan fingerprint density at radius 1 is 1.10 bits per heavy atom. The van der Waals surface area contributed by atoms with E-state index < -0.39 is 15.9 Å². The number of sulfonamides is 1. The van der Waals surface area contributed by atoms with Gasteiger partial charge in [0.1, 0.15) is 23.9 Å². The maximum Gasteiger partial charge on any atom is 0.291 e. The molecule has 7 nitrogen and oxygen atoms in total. The topological polar surface area (TPSA) is 97.6 Å². The minimum absolute atomic E-state index is 0.0703. The van der Waals surface area contributed by atoms with Gasteiger partial charge in [-0.1, -0.05) is 6.07 Å². The van der Waals surface area contributed by atoms with Crippen molar-refractivity contribution in [1.29, 1.82) is 0 Å². The van der Waals surface area contributed by atoms with Crippen LogP contribution in [-0.2, 0) is 16.6 Å². The SMILES string of the molecule is Cc1ccc(NC(=O)c2ccc(COc3ccc(F)cc3)o2)cc1NS(C)(=O)=O. The van der Waals surface area contributed by atoms with Crippen molar-refractivity contribution in [2.45, 2.75) is 13.5 Å². The lowest BCUT2D eigenvalue weighted by atomic mass is 10.2. The fourth-order valence-corrected chi connectivity index (χ4v) is 3.08. The Bertz CT molecular complexity index is 1120. The summed E-state index contributed by atoms with van der Waals surface area (Å²) in [6, 6.07) is 13.5. The zero-order valence-electron chi connectivity index (χ0n) is 15.7. The standard InChI is InChI=1S/C20H19FN2O5S/c1-13-3-6-15(11-18(13)23-29(2,25)26)22-20(24)19-10-9-17(28-19)12-27-16-7-4-14(21)5-8-16/h3-11,23H,12H2,1-2H3,(H,22,24). The second-order valence-corrected chi connectivity index (χ2v) is 8.12. The molecule has 0 aliphatic heterocycles. The second-order valence-electron chi connectivity index (χ2n) is 6.37. The number of hydrogen-bond acceptors (Lipinski definition) is 5. The molecule has 2 N–H and O–H groups in total. The largest absolute Gasteiger partial charge is 0.486 e. The van der Waals surface area contributed by atoms with Crippen molar-refractivity contribution >= 4 is 27.3 Å². The Hall–Kier alpha value is -3.33. The molecule has 0 spiro atoms. The van der Waals surface area contributed by atoms with E-state index in [4.69, 9.17) is 9.15 Å². The van der Waals surface area contributed by atoms with Gasteiger partial charge in [-0.2, -0.15) is 0 Å². The van der Waals surface area contributed by atoms with Crippen molar-refractivity contribution in [3.8, 4) is 5.75 Å². The van der Waals surface area contributed by atoms with E-state index in [0.717, 1.165) is 6.26 Å². The minimum atomic E-state index is -3.44. The van der Waals surface area contributed by atoms with Crippen LogP contribution in [0.2, 0.25) is 0 Å². The van der Waals surface area contributed by atoms with Gasteiger partial charge in [0.15, 0.2) is 5.76 Å². The van der Waals surface area contributed by atoms with Gasteiger partial charge in [0, 0.05) is 5.69 Å². The number of benzene rings is 2. The normalized spacial score (nSPS) is 11.1. The molecule has 9 heteroatoms. The number of carbonyl (C=O) groups excluding carboxylic acids is 1. The molecule has 0 aliphatic rings. The molecule has 1 aromatic heterocycles. The summed E-state index contributed by atoms with van der Waals surface area (Å²) in [6.07, 6.45) is 1.05. The summed E-state index contributed by atoms with van der Waals surface area (Å²) in [5, 5.41) is 2.65. The molecular weight excluding hydrogens is 399 g/mol. The molecule has 1 amide bonds. The molecule has 152 valence electrons. The summed E-state index contributed by atoms with van der Waals surface area (Å²) in [7, 11) is -3.44. The smallest absolute Gasteiger partial charge is 0.291 e. The van der Waals surface area contributed by atoms with Crippen LogP contribution >= 0.6 is 0 Å². The number of ether oxygens (including phenoxy) is 1. The fourth-order valence-electron chi connectivity index (χ4n) is 2.46. The molecule has 2 aromatic carbocycles. The van der Waals surface area contributed by atoms with Gasteiger partial charge in [-0.25, -0.2) is 12.8 Å². The van der Waals surface area contributed by atoms with Crippen molar-refractivity contribution in [3.05, 3.63) is 77.5 Å². The van der Waals surface area contributed by atoms with Crippen molar-refractivity contribution in [3.63, 3.8) is 0 Å². The van der Waals surface area contributed by atoms with E-state index in [1.54, 1.807) is 25.1 Å². The van der Waals surface area contributed by atoms with Crippen LogP contribution in [0.4, 0.5) is 15.8 Å². The summed E-state index contributed by atoms with van der Waals surface area (Å²) < 4.78 is 49.1. The Balaban J connectivity index is 1.64. The predicted octanol–water partition coefficient (Wildman–Crippen LogP) is 3.93. The zero-order valence-corrected chi connectivity index (χ0v) is 16.5. The van der Waals surface area contributed by atoms with Gasteiger partial charge in [0.2, 0.25) is 10.0 Å². The van der Waals surface area contributed by atoms with Crippen molar-refractivity contribution < 1.29 is 26.8 Å². The van der Waals surface area contributed by atoms with E-state index >= 15 is 0 Å². The van der Waals surface area contributed by atoms with Gasteiger partial charge in [0.05, 0.1) is 11.9 Å². The van der Waals surface area contributed by atoms with E-state index in [1.807, 2.05) is 0 Å². The summed E-state index contributed by atoms with van der Waals surface area (Å²) in [5.41, 5.74) is 1.50. The maximum atomic E-state index is 12.9. The predicted molar refractivity (Wildman–Crippen MR) is 107 cm³/mol. The van der Waals surface area contributed by atoms with Gasteiger partial charge in [-0.05, 0) is 61.0 Å². The lowest BCUT2D eigenvalue weighted by Crippen LogP contribution is -2.13. The molecule has 0 fully saturated rings. The van der Waals surface area contributed by atoms with Gasteiger partial charge in [0.25, 0.3) is 5.91 Å². The number of nitrogens with one attached hydrogen (secondary N) is 2. The van der Waals surface area contributed by atoms with E-state index in [1.165, 1.54) is 36.4 Å². The Kier molecular flexibility index (Phi) is 5.88. The molecule has 0 radical (unpaired) electrons. The molecular formula is C20H19FN2O5S. The number of furan rings is 1. The Labute approximate surface area is 167 Å². The lowest BCUT2D eigenvalue weighted by molar-refractivity contribution is 0.0992. The Morgan fingerprint density at radius 3 is 2.52 bits per heavy atom. The number of halogens is 1. The first-order chi connectivity index (χ1) is 13.7. The van der Waals surface area contributed by atoms with Crippen LogP contribution in [-0.4, -0.2) is 20.6 Å². The van der Waals surface area contributed by atoms with Crippen LogP contribution in [0.3, 0.4) is 0 Å². The van der Waals surface area contributed by atoms with Crippen molar-refractivity contribution in [2.24, 2.45) is 0 Å². The first kappa shape index (κ1) is 20.4. The third-order valence-electron chi connectivity index (χ3n) is 3.87. The summed E-state index contributed by atoms with van der Waals surface area (Å²) in [6.45, 7) is 1.82. The van der Waals surface area contributed by atoms with E-state index in [0.29, 0.717) is 28.4 Å². The first-order valence-electron chi connectivity index (χ1n) is 8.56. The van der Waals surface area contributed by atoms with E-state index in [-0.39, 0.29) is 18.2 Å². The van der Waals surface area contributed by atoms with Crippen LogP contribution in [0.15, 0.2) is 59.0 Å². The highest BCUT2D eigenvalue weighted by Gasteiger charge is 2.13. The van der Waals surface area contributed by atoms with Crippen molar-refractivity contribution in [2.75, 3.05) is 16.3 Å². The average molecular weight is 418 g/mol. The van der Waals surface area contributed by atoms with E-state index in [2.05, 4.69) is 10.0 Å². The molecule has 0 unspecified atom stereocenters. The molecule has 1 heterocycles. The first-order valence-corrected chi connectivity index (χ1v) is 10.5. The lowest BCUT2D eigenvalue weighted by Gasteiger charge is -2.10. The third kappa shape index (κ3) is 5.82. The second kappa shape index (κ2) is 8.36. The van der Waals surface area contributed by atoms with Gasteiger partial charge in [-0.3, -0.25) is 9.52 Å². The highest BCUT2D eigenvalue weighted by atomic mass is 32.2. The van der Waals surface area contributed by atoms with E-state index in [9.17, 15) is 17.6 Å². The number of carbonyl (C=O) groups is 1. The highest BCUT2D eigenvalue weighted by Crippen LogP contribution is 2.22. The number of rotatable bonds is 7. The van der Waals surface area contributed by atoms with Gasteiger partial charge >= 0.3 is 0 Å². The van der Waals surface area contributed by atoms with Crippen LogP contribution in [0.5, 0.6) is 5.75 Å². The summed E-state index contributed by atoms with van der Waals surface area (Å²) in [5.74, 6) is 0.107. The van der Waals surface area contributed by atoms with Crippen LogP contribution in [0.1, 0.15) is 21.9 Å². The van der Waals surface area contributed by atoms with Crippen LogP contribution in [0, 0.1) is 12.7 Å². The molecule has 0 aliphatic carbocycles. The highest BCUT2D eigenvalue weighted by molar-refractivity contribution is 7.92. The number of aryl methyl sites for hydroxylation is 1. The van der Waals surface area contributed by atoms with Gasteiger partial charge < -0.3 is 14.5 Å². The maximum absolute atomic E-state index is 12.9. The van der Waals surface area contributed by atoms with Crippen LogP contribution < -0.4 is 14.8 Å². The number of hydrogen-bond donors (Lipinski definition) is 2. The molecule has 29 heavy (non-hydrogen) atoms. The third-order valence-corrected chi connectivity index (χ3v) is 4.46. The van der Waals surface area contributed by atoms with Gasteiger partial charge in [-0.15, -0.1) is 0 Å². The fraction of sp³-hybridized carbons (Fsp3) is 0.150. The average Bonchev–Trinajstić information content (AvgIpc) is 3.12. The molecule has 0 bridgehead atoms. The quantitative estimate of drug-likeness (QED) is 0.606. The minimum Gasteiger partial charge on any atom is -0.486 e. The molecule has 0 saturated carbocycles. The summed E-state index contributed by atoms with van der Waals surface area (Å²) in [4.78, 5) is 12.4. The molecule has 0 atom stereocenters. The van der Waals surface area contributed by atoms with Crippen molar-refractivity contribution in [1.82, 2.24) is 0 Å². The molecule has 3 rings (SSSR count). The van der Waals surface area contributed by atoms with Crippen LogP contribution in [0.25, 0.3) is 0 Å². The monoisotopic (exact) mass is 418 g/mol.